The molecule has 1 aromatic rings. The summed E-state index contributed by atoms with van der Waals surface area (Å²) in [5.74, 6) is 0.116. The molecule has 1 aliphatic heterocycles. The molecule has 6 heteroatoms. The van der Waals surface area contributed by atoms with E-state index in [2.05, 4.69) is 4.72 Å². The predicted octanol–water partition coefficient (Wildman–Crippen LogP) is 1.58. The Balaban J connectivity index is 2.22. The van der Waals surface area contributed by atoms with Crippen LogP contribution in [-0.2, 0) is 14.8 Å². The highest BCUT2D eigenvalue weighted by Crippen LogP contribution is 2.24. The van der Waals surface area contributed by atoms with E-state index in [4.69, 9.17) is 0 Å². The standard InChI is InChI=1S/C12H16N2O3S/c1-2-18(16,17)13-10-5-3-6-11(9-10)14-8-4-7-12(14)15/h3,5-6,9,13H,2,4,7-8H2,1H3. The molecule has 0 atom stereocenters. The van der Waals surface area contributed by atoms with Gasteiger partial charge < -0.3 is 4.90 Å². The summed E-state index contributed by atoms with van der Waals surface area (Å²) >= 11 is 0. The van der Waals surface area contributed by atoms with Crippen molar-refractivity contribution in [3.05, 3.63) is 24.3 Å². The van der Waals surface area contributed by atoms with Crippen LogP contribution in [0, 0.1) is 0 Å². The van der Waals surface area contributed by atoms with Crippen molar-refractivity contribution in [3.8, 4) is 0 Å². The maximum absolute atomic E-state index is 11.6. The van der Waals surface area contributed by atoms with E-state index < -0.39 is 10.0 Å². The third kappa shape index (κ3) is 2.81. The second-order valence-corrected chi connectivity index (χ2v) is 6.22. The normalized spacial score (nSPS) is 16.1. The van der Waals surface area contributed by atoms with Crippen LogP contribution in [0.2, 0.25) is 0 Å². The number of sulfonamides is 1. The van der Waals surface area contributed by atoms with Crippen LogP contribution < -0.4 is 9.62 Å². The average molecular weight is 268 g/mol. The molecule has 1 saturated heterocycles. The summed E-state index contributed by atoms with van der Waals surface area (Å²) in [5, 5.41) is 0. The molecule has 1 amide bonds. The molecule has 1 N–H and O–H groups in total. The van der Waals surface area contributed by atoms with Crippen molar-refractivity contribution < 1.29 is 13.2 Å². The van der Waals surface area contributed by atoms with Crippen molar-refractivity contribution >= 4 is 27.3 Å². The molecule has 18 heavy (non-hydrogen) atoms. The fourth-order valence-corrected chi connectivity index (χ4v) is 2.54. The first-order valence-electron chi connectivity index (χ1n) is 5.93. The minimum Gasteiger partial charge on any atom is -0.312 e. The summed E-state index contributed by atoms with van der Waals surface area (Å²) in [6, 6.07) is 6.93. The van der Waals surface area contributed by atoms with Gasteiger partial charge in [-0.15, -0.1) is 0 Å². The van der Waals surface area contributed by atoms with Crippen LogP contribution in [0.4, 0.5) is 11.4 Å². The highest BCUT2D eigenvalue weighted by atomic mass is 32.2. The number of hydrogen-bond donors (Lipinski definition) is 1. The average Bonchev–Trinajstić information content (AvgIpc) is 2.75. The molecule has 0 saturated carbocycles. The van der Waals surface area contributed by atoms with Crippen LogP contribution in [0.3, 0.4) is 0 Å². The summed E-state index contributed by atoms with van der Waals surface area (Å²) in [6.45, 7) is 2.28. The first-order valence-corrected chi connectivity index (χ1v) is 7.58. The van der Waals surface area contributed by atoms with Crippen molar-refractivity contribution in [2.45, 2.75) is 19.8 Å². The minimum absolute atomic E-state index is 0.0277. The van der Waals surface area contributed by atoms with Gasteiger partial charge in [0.2, 0.25) is 15.9 Å². The number of carbonyl (C=O) groups is 1. The van der Waals surface area contributed by atoms with Crippen LogP contribution in [0.15, 0.2) is 24.3 Å². The smallest absolute Gasteiger partial charge is 0.232 e. The zero-order valence-corrected chi connectivity index (χ0v) is 11.0. The largest absolute Gasteiger partial charge is 0.312 e. The number of carbonyl (C=O) groups excluding carboxylic acids is 1. The Morgan fingerprint density at radius 2 is 2.17 bits per heavy atom. The van der Waals surface area contributed by atoms with E-state index in [1.165, 1.54) is 0 Å². The zero-order chi connectivity index (χ0) is 13.2. The molecule has 1 aromatic carbocycles. The highest BCUT2D eigenvalue weighted by molar-refractivity contribution is 7.92. The maximum atomic E-state index is 11.6. The number of anilines is 2. The monoisotopic (exact) mass is 268 g/mol. The quantitative estimate of drug-likeness (QED) is 0.901. The molecule has 98 valence electrons. The van der Waals surface area contributed by atoms with E-state index in [0.717, 1.165) is 12.1 Å². The molecule has 0 unspecified atom stereocenters. The topological polar surface area (TPSA) is 66.5 Å². The Kier molecular flexibility index (Phi) is 3.56. The predicted molar refractivity (Wildman–Crippen MR) is 71.1 cm³/mol. The van der Waals surface area contributed by atoms with Gasteiger partial charge in [0.25, 0.3) is 0 Å². The molecule has 2 rings (SSSR count). The Morgan fingerprint density at radius 1 is 1.39 bits per heavy atom. The molecule has 5 nitrogen and oxygen atoms in total. The third-order valence-electron chi connectivity index (χ3n) is 2.88. The van der Waals surface area contributed by atoms with Gasteiger partial charge in [0, 0.05) is 18.7 Å². The Labute approximate surface area is 107 Å². The van der Waals surface area contributed by atoms with Gasteiger partial charge in [-0.05, 0) is 31.5 Å². The van der Waals surface area contributed by atoms with E-state index >= 15 is 0 Å². The van der Waals surface area contributed by atoms with Crippen LogP contribution >= 0.6 is 0 Å². The van der Waals surface area contributed by atoms with E-state index in [1.807, 2.05) is 6.07 Å². The molecule has 1 heterocycles. The van der Waals surface area contributed by atoms with Gasteiger partial charge in [0.1, 0.15) is 0 Å². The van der Waals surface area contributed by atoms with Crippen molar-refractivity contribution in [2.75, 3.05) is 21.9 Å². The maximum Gasteiger partial charge on any atom is 0.232 e. The van der Waals surface area contributed by atoms with E-state index in [0.29, 0.717) is 18.7 Å². The number of rotatable bonds is 4. The first kappa shape index (κ1) is 12.9. The van der Waals surface area contributed by atoms with Crippen LogP contribution in [0.1, 0.15) is 19.8 Å². The lowest BCUT2D eigenvalue weighted by Crippen LogP contribution is -2.23. The number of hydrogen-bond acceptors (Lipinski definition) is 3. The fourth-order valence-electron chi connectivity index (χ4n) is 1.91. The van der Waals surface area contributed by atoms with Crippen molar-refractivity contribution in [1.82, 2.24) is 0 Å². The van der Waals surface area contributed by atoms with Crippen LogP contribution in [-0.4, -0.2) is 26.6 Å². The summed E-state index contributed by atoms with van der Waals surface area (Å²) in [4.78, 5) is 13.3. The van der Waals surface area contributed by atoms with Crippen molar-refractivity contribution in [3.63, 3.8) is 0 Å². The van der Waals surface area contributed by atoms with Crippen LogP contribution in [0.5, 0.6) is 0 Å². The lowest BCUT2D eigenvalue weighted by Gasteiger charge is -2.16. The van der Waals surface area contributed by atoms with Gasteiger partial charge in [-0.3, -0.25) is 9.52 Å². The molecule has 0 spiro atoms. The lowest BCUT2D eigenvalue weighted by atomic mass is 10.2. The number of amides is 1. The van der Waals surface area contributed by atoms with Gasteiger partial charge in [0.15, 0.2) is 0 Å². The van der Waals surface area contributed by atoms with Gasteiger partial charge in [-0.2, -0.15) is 0 Å². The molecule has 0 radical (unpaired) electrons. The van der Waals surface area contributed by atoms with E-state index in [1.54, 1.807) is 30.0 Å². The summed E-state index contributed by atoms with van der Waals surface area (Å²) < 4.78 is 25.4. The summed E-state index contributed by atoms with van der Waals surface area (Å²) in [6.07, 6.45) is 1.41. The zero-order valence-electron chi connectivity index (χ0n) is 10.2. The Hall–Kier alpha value is -1.56. The Bertz CT molecular complexity index is 554. The van der Waals surface area contributed by atoms with Gasteiger partial charge >= 0.3 is 0 Å². The summed E-state index contributed by atoms with van der Waals surface area (Å²) in [7, 11) is -3.28. The Morgan fingerprint density at radius 3 is 2.78 bits per heavy atom. The van der Waals surface area contributed by atoms with Crippen LogP contribution in [0.25, 0.3) is 0 Å². The molecule has 1 aliphatic rings. The molecular formula is C12H16N2O3S. The SMILES string of the molecule is CCS(=O)(=O)Nc1cccc(N2CCCC2=O)c1. The minimum atomic E-state index is -3.28. The third-order valence-corrected chi connectivity index (χ3v) is 4.19. The van der Waals surface area contributed by atoms with Crippen molar-refractivity contribution in [2.24, 2.45) is 0 Å². The highest BCUT2D eigenvalue weighted by Gasteiger charge is 2.21. The molecular weight excluding hydrogens is 252 g/mol. The number of benzene rings is 1. The second kappa shape index (κ2) is 4.97. The van der Waals surface area contributed by atoms with Crippen molar-refractivity contribution in [1.29, 1.82) is 0 Å². The molecule has 1 fully saturated rings. The van der Waals surface area contributed by atoms with E-state index in [-0.39, 0.29) is 11.7 Å². The molecule has 0 bridgehead atoms. The second-order valence-electron chi connectivity index (χ2n) is 4.20. The van der Waals surface area contributed by atoms with Gasteiger partial charge in [-0.25, -0.2) is 8.42 Å². The van der Waals surface area contributed by atoms with E-state index in [9.17, 15) is 13.2 Å². The number of nitrogens with zero attached hydrogens (tertiary/aromatic N) is 1. The van der Waals surface area contributed by atoms with Gasteiger partial charge in [0.05, 0.1) is 11.4 Å². The molecule has 0 aromatic heterocycles. The van der Waals surface area contributed by atoms with Gasteiger partial charge in [-0.1, -0.05) is 6.07 Å². The summed E-state index contributed by atoms with van der Waals surface area (Å²) in [5.41, 5.74) is 1.24. The molecule has 0 aliphatic carbocycles. The lowest BCUT2D eigenvalue weighted by molar-refractivity contribution is -0.117. The number of nitrogens with one attached hydrogen (secondary N) is 1. The first-order chi connectivity index (χ1) is 8.52. The fraction of sp³-hybridized carbons (Fsp3) is 0.417.